The van der Waals surface area contributed by atoms with E-state index in [2.05, 4.69) is 48.4 Å². The summed E-state index contributed by atoms with van der Waals surface area (Å²) >= 11 is 0. The van der Waals surface area contributed by atoms with Crippen LogP contribution in [-0.4, -0.2) is 48.8 Å². The van der Waals surface area contributed by atoms with Crippen LogP contribution in [0.3, 0.4) is 0 Å². The molecule has 21 heavy (non-hydrogen) atoms. The first kappa shape index (κ1) is 16.1. The van der Waals surface area contributed by atoms with E-state index in [1.54, 1.807) is 0 Å². The van der Waals surface area contributed by atoms with E-state index in [1.165, 1.54) is 16.8 Å². The standard InChI is InChI=1S/C18H28N2O/c1-4-5-8-17(21)14-19-10-12-20(13-11-19)18-9-6-7-15(2)16(18)3/h4,6-7,9,17,21H,1,5,8,10-14H2,2-3H3. The van der Waals surface area contributed by atoms with Crippen LogP contribution in [0.4, 0.5) is 5.69 Å². The first-order valence-electron chi connectivity index (χ1n) is 7.94. The summed E-state index contributed by atoms with van der Waals surface area (Å²) in [6.45, 7) is 13.0. The molecule has 2 rings (SSSR count). The molecule has 1 saturated heterocycles. The molecule has 116 valence electrons. The van der Waals surface area contributed by atoms with Crippen LogP contribution < -0.4 is 4.90 Å². The number of nitrogens with zero attached hydrogens (tertiary/aromatic N) is 2. The zero-order chi connectivity index (χ0) is 15.2. The minimum atomic E-state index is -0.227. The van der Waals surface area contributed by atoms with Crippen molar-refractivity contribution < 1.29 is 5.11 Å². The number of hydrogen-bond acceptors (Lipinski definition) is 3. The highest BCUT2D eigenvalue weighted by Crippen LogP contribution is 2.23. The highest BCUT2D eigenvalue weighted by molar-refractivity contribution is 5.56. The second kappa shape index (κ2) is 7.62. The van der Waals surface area contributed by atoms with Crippen LogP contribution in [0.5, 0.6) is 0 Å². The van der Waals surface area contributed by atoms with Crippen molar-refractivity contribution in [2.24, 2.45) is 0 Å². The van der Waals surface area contributed by atoms with Gasteiger partial charge in [0.25, 0.3) is 0 Å². The number of allylic oxidation sites excluding steroid dienone is 1. The molecule has 3 heteroatoms. The topological polar surface area (TPSA) is 26.7 Å². The molecule has 0 saturated carbocycles. The second-order valence-electron chi connectivity index (χ2n) is 6.03. The summed E-state index contributed by atoms with van der Waals surface area (Å²) in [4.78, 5) is 4.84. The van der Waals surface area contributed by atoms with Crippen LogP contribution in [0.15, 0.2) is 30.9 Å². The number of piperazine rings is 1. The van der Waals surface area contributed by atoms with Gasteiger partial charge in [0.05, 0.1) is 6.10 Å². The molecular weight excluding hydrogens is 260 g/mol. The van der Waals surface area contributed by atoms with Crippen molar-refractivity contribution in [3.63, 3.8) is 0 Å². The Morgan fingerprint density at radius 1 is 1.24 bits per heavy atom. The summed E-state index contributed by atoms with van der Waals surface area (Å²) in [5.41, 5.74) is 4.11. The van der Waals surface area contributed by atoms with Gasteiger partial charge >= 0.3 is 0 Å². The van der Waals surface area contributed by atoms with E-state index in [4.69, 9.17) is 0 Å². The smallest absolute Gasteiger partial charge is 0.0670 e. The van der Waals surface area contributed by atoms with Gasteiger partial charge in [-0.05, 0) is 43.9 Å². The lowest BCUT2D eigenvalue weighted by molar-refractivity contribution is 0.103. The van der Waals surface area contributed by atoms with Crippen molar-refractivity contribution in [3.05, 3.63) is 42.0 Å². The Bertz CT molecular complexity index is 464. The predicted molar refractivity (Wildman–Crippen MR) is 90.0 cm³/mol. The first-order valence-corrected chi connectivity index (χ1v) is 7.94. The van der Waals surface area contributed by atoms with Gasteiger partial charge in [0.15, 0.2) is 0 Å². The summed E-state index contributed by atoms with van der Waals surface area (Å²) in [5, 5.41) is 9.99. The maximum atomic E-state index is 9.99. The molecule has 0 spiro atoms. The number of rotatable bonds is 6. The molecular formula is C18H28N2O. The molecule has 1 unspecified atom stereocenters. The zero-order valence-corrected chi connectivity index (χ0v) is 13.4. The molecule has 1 fully saturated rings. The molecule has 1 aromatic rings. The highest BCUT2D eigenvalue weighted by Gasteiger charge is 2.20. The third-order valence-corrected chi connectivity index (χ3v) is 4.46. The van der Waals surface area contributed by atoms with E-state index < -0.39 is 0 Å². The monoisotopic (exact) mass is 288 g/mol. The molecule has 3 nitrogen and oxygen atoms in total. The largest absolute Gasteiger partial charge is 0.392 e. The second-order valence-corrected chi connectivity index (χ2v) is 6.03. The van der Waals surface area contributed by atoms with Crippen molar-refractivity contribution in [1.29, 1.82) is 0 Å². The summed E-state index contributed by atoms with van der Waals surface area (Å²) in [6, 6.07) is 6.53. The fourth-order valence-electron chi connectivity index (χ4n) is 2.95. The van der Waals surface area contributed by atoms with Gasteiger partial charge in [-0.3, -0.25) is 4.90 Å². The number of anilines is 1. The number of hydrogen-bond donors (Lipinski definition) is 1. The van der Waals surface area contributed by atoms with Crippen molar-refractivity contribution in [2.75, 3.05) is 37.6 Å². The maximum absolute atomic E-state index is 9.99. The van der Waals surface area contributed by atoms with E-state index in [1.807, 2.05) is 6.08 Å². The molecule has 1 aliphatic rings. The summed E-state index contributed by atoms with van der Waals surface area (Å²) in [6.07, 6.45) is 3.36. The van der Waals surface area contributed by atoms with Crippen molar-refractivity contribution in [3.8, 4) is 0 Å². The molecule has 1 heterocycles. The van der Waals surface area contributed by atoms with Gasteiger partial charge in [-0.1, -0.05) is 18.2 Å². The summed E-state index contributed by atoms with van der Waals surface area (Å²) in [7, 11) is 0. The SMILES string of the molecule is C=CCCC(O)CN1CCN(c2cccc(C)c2C)CC1. The predicted octanol–water partition coefficient (Wildman–Crippen LogP) is 2.75. The molecule has 1 aliphatic heterocycles. The van der Waals surface area contributed by atoms with Gasteiger partial charge in [-0.2, -0.15) is 0 Å². The number of β-amino-alcohol motifs (C(OH)–C–C–N with tert-alkyl or cyclic N) is 1. The van der Waals surface area contributed by atoms with Gasteiger partial charge in [0.2, 0.25) is 0 Å². The lowest BCUT2D eigenvalue weighted by Gasteiger charge is -2.37. The zero-order valence-electron chi connectivity index (χ0n) is 13.4. The van der Waals surface area contributed by atoms with Gasteiger partial charge < -0.3 is 10.0 Å². The van der Waals surface area contributed by atoms with Crippen LogP contribution in [0.2, 0.25) is 0 Å². The number of benzene rings is 1. The fourth-order valence-corrected chi connectivity index (χ4v) is 2.95. The van der Waals surface area contributed by atoms with Gasteiger partial charge in [0.1, 0.15) is 0 Å². The molecule has 0 aliphatic carbocycles. The van der Waals surface area contributed by atoms with Gasteiger partial charge in [-0.25, -0.2) is 0 Å². The van der Waals surface area contributed by atoms with E-state index in [0.29, 0.717) is 0 Å². The normalized spacial score (nSPS) is 17.8. The lowest BCUT2D eigenvalue weighted by atomic mass is 10.1. The van der Waals surface area contributed by atoms with E-state index in [-0.39, 0.29) is 6.10 Å². The Kier molecular flexibility index (Phi) is 5.83. The molecule has 0 aromatic heterocycles. The Labute approximate surface area is 128 Å². The summed E-state index contributed by atoms with van der Waals surface area (Å²) in [5.74, 6) is 0. The van der Waals surface area contributed by atoms with Crippen molar-refractivity contribution in [1.82, 2.24) is 4.90 Å². The van der Waals surface area contributed by atoms with Crippen molar-refractivity contribution >= 4 is 5.69 Å². The average Bonchev–Trinajstić information content (AvgIpc) is 2.49. The third kappa shape index (κ3) is 4.32. The lowest BCUT2D eigenvalue weighted by Crippen LogP contribution is -2.48. The highest BCUT2D eigenvalue weighted by atomic mass is 16.3. The van der Waals surface area contributed by atoms with Crippen LogP contribution in [0.25, 0.3) is 0 Å². The van der Waals surface area contributed by atoms with Gasteiger partial charge in [0, 0.05) is 38.4 Å². The minimum absolute atomic E-state index is 0.227. The Morgan fingerprint density at radius 2 is 1.95 bits per heavy atom. The number of aliphatic hydroxyl groups is 1. The Balaban J connectivity index is 1.85. The fraction of sp³-hybridized carbons (Fsp3) is 0.556. The van der Waals surface area contributed by atoms with Crippen LogP contribution >= 0.6 is 0 Å². The molecule has 1 atom stereocenters. The number of aryl methyl sites for hydroxylation is 1. The Morgan fingerprint density at radius 3 is 2.62 bits per heavy atom. The van der Waals surface area contributed by atoms with E-state index in [9.17, 15) is 5.11 Å². The summed E-state index contributed by atoms with van der Waals surface area (Å²) < 4.78 is 0. The van der Waals surface area contributed by atoms with E-state index >= 15 is 0 Å². The van der Waals surface area contributed by atoms with E-state index in [0.717, 1.165) is 45.6 Å². The molecule has 0 radical (unpaired) electrons. The molecule has 0 amide bonds. The molecule has 0 bridgehead atoms. The maximum Gasteiger partial charge on any atom is 0.0670 e. The quantitative estimate of drug-likeness (QED) is 0.815. The average molecular weight is 288 g/mol. The van der Waals surface area contributed by atoms with Crippen LogP contribution in [0, 0.1) is 13.8 Å². The number of aliphatic hydroxyl groups excluding tert-OH is 1. The van der Waals surface area contributed by atoms with Crippen LogP contribution in [-0.2, 0) is 0 Å². The van der Waals surface area contributed by atoms with Crippen LogP contribution in [0.1, 0.15) is 24.0 Å². The Hall–Kier alpha value is -1.32. The minimum Gasteiger partial charge on any atom is -0.392 e. The molecule has 1 N–H and O–H groups in total. The third-order valence-electron chi connectivity index (χ3n) is 4.46. The molecule has 1 aromatic carbocycles. The van der Waals surface area contributed by atoms with Crippen molar-refractivity contribution in [2.45, 2.75) is 32.8 Å². The van der Waals surface area contributed by atoms with Gasteiger partial charge in [-0.15, -0.1) is 6.58 Å². The first-order chi connectivity index (χ1) is 10.1.